The van der Waals surface area contributed by atoms with E-state index in [1.165, 1.54) is 4.80 Å². The molecule has 1 aromatic carbocycles. The fourth-order valence-corrected chi connectivity index (χ4v) is 2.24. The van der Waals surface area contributed by atoms with Crippen LogP contribution in [0.4, 0.5) is 0 Å². The average molecular weight is 293 g/mol. The van der Waals surface area contributed by atoms with Crippen LogP contribution in [0.3, 0.4) is 0 Å². The maximum Gasteiger partial charge on any atom is 0.175 e. The minimum atomic E-state index is -0.329. The first-order valence-corrected chi connectivity index (χ1v) is 6.92. The second-order valence-electron chi connectivity index (χ2n) is 4.60. The van der Waals surface area contributed by atoms with Crippen LogP contribution in [0.1, 0.15) is 25.3 Å². The topological polar surface area (TPSA) is 73.8 Å². The van der Waals surface area contributed by atoms with E-state index >= 15 is 0 Å². The lowest BCUT2D eigenvalue weighted by Crippen LogP contribution is -2.40. The molecule has 1 fully saturated rings. The van der Waals surface area contributed by atoms with Gasteiger partial charge in [-0.2, -0.15) is 15.0 Å². The minimum absolute atomic E-state index is 0.0578. The van der Waals surface area contributed by atoms with Crippen molar-refractivity contribution in [3.05, 3.63) is 47.7 Å². The summed E-state index contributed by atoms with van der Waals surface area (Å²) in [6, 6.07) is 8.88. The van der Waals surface area contributed by atoms with Crippen molar-refractivity contribution in [1.82, 2.24) is 15.0 Å². The van der Waals surface area contributed by atoms with Crippen molar-refractivity contribution in [2.24, 2.45) is 5.73 Å². The van der Waals surface area contributed by atoms with Crippen molar-refractivity contribution in [3.8, 4) is 0 Å². The molecule has 1 saturated carbocycles. The lowest BCUT2D eigenvalue weighted by Gasteiger charge is -2.24. The highest BCUT2D eigenvalue weighted by molar-refractivity contribution is 6.30. The number of benzene rings is 1. The number of hydrogen-bond donors (Lipinski definition) is 1. The molecule has 6 heteroatoms. The number of carbonyl (C=O) groups is 1. The summed E-state index contributed by atoms with van der Waals surface area (Å²) >= 11 is 5.54. The van der Waals surface area contributed by atoms with E-state index in [-0.39, 0.29) is 17.9 Å². The SMILES string of the molecule is Clc1ccccc1.NC1CCCC(n2nccn2)C1=O. The summed E-state index contributed by atoms with van der Waals surface area (Å²) in [5.74, 6) is 0.0578. The van der Waals surface area contributed by atoms with Gasteiger partial charge in [0.1, 0.15) is 6.04 Å². The number of hydrogen-bond acceptors (Lipinski definition) is 4. The number of nitrogens with zero attached hydrogens (tertiary/aromatic N) is 3. The largest absolute Gasteiger partial charge is 0.321 e. The summed E-state index contributed by atoms with van der Waals surface area (Å²) < 4.78 is 0. The van der Waals surface area contributed by atoms with Gasteiger partial charge < -0.3 is 5.73 Å². The number of halogens is 1. The van der Waals surface area contributed by atoms with E-state index in [4.69, 9.17) is 17.3 Å². The predicted octanol–water partition coefficient (Wildman–Crippen LogP) is 2.24. The van der Waals surface area contributed by atoms with Crippen molar-refractivity contribution in [1.29, 1.82) is 0 Å². The molecule has 20 heavy (non-hydrogen) atoms. The second-order valence-corrected chi connectivity index (χ2v) is 5.04. The lowest BCUT2D eigenvalue weighted by atomic mass is 9.91. The van der Waals surface area contributed by atoms with Crippen LogP contribution in [0.25, 0.3) is 0 Å². The molecule has 2 N–H and O–H groups in total. The molecule has 0 radical (unpaired) electrons. The maximum absolute atomic E-state index is 11.6. The Morgan fingerprint density at radius 2 is 1.80 bits per heavy atom. The Balaban J connectivity index is 0.000000178. The van der Waals surface area contributed by atoms with E-state index in [9.17, 15) is 4.79 Å². The Labute approximate surface area is 122 Å². The normalized spacial score (nSPS) is 22.0. The highest BCUT2D eigenvalue weighted by atomic mass is 35.5. The highest BCUT2D eigenvalue weighted by Crippen LogP contribution is 2.22. The van der Waals surface area contributed by atoms with Gasteiger partial charge in [0.15, 0.2) is 5.78 Å². The van der Waals surface area contributed by atoms with Crippen LogP contribution in [0, 0.1) is 0 Å². The lowest BCUT2D eigenvalue weighted by molar-refractivity contribution is -0.125. The third-order valence-electron chi connectivity index (χ3n) is 3.14. The van der Waals surface area contributed by atoms with Gasteiger partial charge in [-0.3, -0.25) is 4.79 Å². The summed E-state index contributed by atoms with van der Waals surface area (Å²) in [4.78, 5) is 13.1. The number of Topliss-reactive ketones (excluding diaryl/α,β-unsaturated/α-hetero) is 1. The van der Waals surface area contributed by atoms with Gasteiger partial charge in [0, 0.05) is 5.02 Å². The molecule has 0 spiro atoms. The molecule has 0 aliphatic heterocycles. The van der Waals surface area contributed by atoms with Crippen molar-refractivity contribution in [2.75, 3.05) is 0 Å². The Kier molecular flexibility index (Phi) is 5.26. The molecule has 2 aromatic rings. The van der Waals surface area contributed by atoms with Crippen LogP contribution >= 0.6 is 11.6 Å². The van der Waals surface area contributed by atoms with Crippen LogP contribution in [-0.2, 0) is 4.79 Å². The molecule has 1 heterocycles. The van der Waals surface area contributed by atoms with Gasteiger partial charge in [-0.1, -0.05) is 29.8 Å². The van der Waals surface area contributed by atoms with Gasteiger partial charge >= 0.3 is 0 Å². The maximum atomic E-state index is 11.6. The molecule has 2 unspecified atom stereocenters. The molecule has 106 valence electrons. The standard InChI is InChI=1S/C8H12N4O.C6H5Cl/c9-6-2-1-3-7(8(6)13)12-10-4-5-11-12;7-6-4-2-1-3-5-6/h4-7H,1-3,9H2;1-5H. The van der Waals surface area contributed by atoms with Crippen LogP contribution in [0.5, 0.6) is 0 Å². The minimum Gasteiger partial charge on any atom is -0.321 e. The van der Waals surface area contributed by atoms with Gasteiger partial charge in [-0.05, 0) is 31.4 Å². The van der Waals surface area contributed by atoms with Gasteiger partial charge in [-0.15, -0.1) is 0 Å². The van der Waals surface area contributed by atoms with E-state index in [1.807, 2.05) is 30.3 Å². The average Bonchev–Trinajstić information content (AvgIpc) is 2.97. The molecule has 1 aliphatic rings. The van der Waals surface area contributed by atoms with Crippen molar-refractivity contribution in [3.63, 3.8) is 0 Å². The van der Waals surface area contributed by atoms with Gasteiger partial charge in [-0.25, -0.2) is 0 Å². The second kappa shape index (κ2) is 7.17. The smallest absolute Gasteiger partial charge is 0.175 e. The Morgan fingerprint density at radius 1 is 1.15 bits per heavy atom. The molecule has 5 nitrogen and oxygen atoms in total. The monoisotopic (exact) mass is 292 g/mol. The van der Waals surface area contributed by atoms with Gasteiger partial charge in [0.25, 0.3) is 0 Å². The Morgan fingerprint density at radius 3 is 2.35 bits per heavy atom. The third kappa shape index (κ3) is 3.88. The van der Waals surface area contributed by atoms with E-state index in [1.54, 1.807) is 12.4 Å². The summed E-state index contributed by atoms with van der Waals surface area (Å²) in [7, 11) is 0. The Hall–Kier alpha value is -1.72. The van der Waals surface area contributed by atoms with E-state index in [0.717, 1.165) is 24.3 Å². The first-order chi connectivity index (χ1) is 9.68. The third-order valence-corrected chi connectivity index (χ3v) is 3.39. The molecular weight excluding hydrogens is 276 g/mol. The number of carbonyl (C=O) groups excluding carboxylic acids is 1. The number of ketones is 1. The number of rotatable bonds is 1. The van der Waals surface area contributed by atoms with E-state index in [2.05, 4.69) is 10.2 Å². The van der Waals surface area contributed by atoms with Crippen molar-refractivity contribution < 1.29 is 4.79 Å². The molecule has 3 rings (SSSR count). The van der Waals surface area contributed by atoms with Crippen LogP contribution in [0.15, 0.2) is 42.7 Å². The predicted molar refractivity (Wildman–Crippen MR) is 77.3 cm³/mol. The van der Waals surface area contributed by atoms with Gasteiger partial charge in [0.2, 0.25) is 0 Å². The van der Waals surface area contributed by atoms with Crippen molar-refractivity contribution >= 4 is 17.4 Å². The molecule has 1 aromatic heterocycles. The summed E-state index contributed by atoms with van der Waals surface area (Å²) in [5, 5.41) is 8.70. The first-order valence-electron chi connectivity index (χ1n) is 6.54. The van der Waals surface area contributed by atoms with Crippen LogP contribution in [-0.4, -0.2) is 26.8 Å². The molecule has 0 amide bonds. The summed E-state index contributed by atoms with van der Waals surface area (Å²) in [6.45, 7) is 0. The number of aromatic nitrogens is 3. The quantitative estimate of drug-likeness (QED) is 0.875. The van der Waals surface area contributed by atoms with E-state index < -0.39 is 0 Å². The zero-order valence-electron chi connectivity index (χ0n) is 11.0. The van der Waals surface area contributed by atoms with Crippen LogP contribution < -0.4 is 5.73 Å². The fourth-order valence-electron chi connectivity index (χ4n) is 2.09. The summed E-state index contributed by atoms with van der Waals surface area (Å²) in [6.07, 6.45) is 5.72. The molecule has 2 atom stereocenters. The van der Waals surface area contributed by atoms with Crippen molar-refractivity contribution in [2.45, 2.75) is 31.3 Å². The first kappa shape index (κ1) is 14.7. The molecule has 0 saturated heterocycles. The van der Waals surface area contributed by atoms with Gasteiger partial charge in [0.05, 0.1) is 18.4 Å². The molecule has 0 bridgehead atoms. The summed E-state index contributed by atoms with van der Waals surface area (Å²) in [5.41, 5.74) is 5.66. The molecular formula is C14H17ClN4O. The number of nitrogens with two attached hydrogens (primary N) is 1. The highest BCUT2D eigenvalue weighted by Gasteiger charge is 2.30. The Bertz CT molecular complexity index is 529. The zero-order valence-corrected chi connectivity index (χ0v) is 11.8. The fraction of sp³-hybridized carbons (Fsp3) is 0.357. The molecule has 1 aliphatic carbocycles. The zero-order chi connectivity index (χ0) is 14.4. The van der Waals surface area contributed by atoms with E-state index in [0.29, 0.717) is 0 Å². The van der Waals surface area contributed by atoms with Crippen LogP contribution in [0.2, 0.25) is 5.02 Å².